The van der Waals surface area contributed by atoms with Crippen molar-refractivity contribution in [2.75, 3.05) is 40.0 Å². The number of ether oxygens (including phenoxy) is 3. The van der Waals surface area contributed by atoms with Gasteiger partial charge in [-0.25, -0.2) is 0 Å². The van der Waals surface area contributed by atoms with E-state index in [1.54, 1.807) is 7.11 Å². The zero-order chi connectivity index (χ0) is 22.1. The number of β-amino-alcohol motifs (C(OH)–C–C–N with tert-alkyl or cyclic N) is 1. The molecule has 0 bridgehead atoms. The predicted octanol–water partition coefficient (Wildman–Crippen LogP) is 3.88. The van der Waals surface area contributed by atoms with Gasteiger partial charge in [0.15, 0.2) is 5.79 Å². The first-order chi connectivity index (χ1) is 15.6. The van der Waals surface area contributed by atoms with Crippen LogP contribution in [0.3, 0.4) is 0 Å². The molecule has 170 valence electrons. The molecular formula is C26H32N2O4. The number of aliphatic hydroxyl groups is 1. The summed E-state index contributed by atoms with van der Waals surface area (Å²) in [6, 6.07) is 16.6. The van der Waals surface area contributed by atoms with Crippen molar-refractivity contribution >= 4 is 10.9 Å². The summed E-state index contributed by atoms with van der Waals surface area (Å²) < 4.78 is 19.5. The number of nitrogens with zero attached hydrogens (tertiary/aromatic N) is 2. The molecule has 1 aromatic heterocycles. The molecular weight excluding hydrogens is 404 g/mol. The fourth-order valence-electron chi connectivity index (χ4n) is 5.20. The van der Waals surface area contributed by atoms with Crippen LogP contribution < -0.4 is 4.74 Å². The molecule has 2 fully saturated rings. The van der Waals surface area contributed by atoms with Gasteiger partial charge in [0.05, 0.1) is 26.4 Å². The fourth-order valence-corrected chi connectivity index (χ4v) is 5.20. The number of hydrogen-bond donors (Lipinski definition) is 1. The normalized spacial score (nSPS) is 19.6. The van der Waals surface area contributed by atoms with Gasteiger partial charge in [0, 0.05) is 61.2 Å². The van der Waals surface area contributed by atoms with Crippen LogP contribution in [0.2, 0.25) is 0 Å². The first-order valence-electron chi connectivity index (χ1n) is 11.5. The Bertz CT molecular complexity index is 1060. The van der Waals surface area contributed by atoms with E-state index < -0.39 is 11.9 Å². The van der Waals surface area contributed by atoms with Crippen molar-refractivity contribution < 1.29 is 19.3 Å². The second-order valence-electron chi connectivity index (χ2n) is 8.88. The molecule has 6 heteroatoms. The number of aromatic nitrogens is 1. The smallest absolute Gasteiger partial charge is 0.170 e. The quantitative estimate of drug-likeness (QED) is 0.636. The van der Waals surface area contributed by atoms with E-state index in [4.69, 9.17) is 14.2 Å². The lowest BCUT2D eigenvalue weighted by molar-refractivity contribution is -0.186. The maximum Gasteiger partial charge on any atom is 0.170 e. The van der Waals surface area contributed by atoms with Crippen LogP contribution in [0.4, 0.5) is 0 Å². The number of benzene rings is 2. The van der Waals surface area contributed by atoms with Crippen molar-refractivity contribution in [1.82, 2.24) is 9.47 Å². The summed E-state index contributed by atoms with van der Waals surface area (Å²) in [7, 11) is 1.68. The van der Waals surface area contributed by atoms with Crippen molar-refractivity contribution in [3.8, 4) is 5.75 Å². The second kappa shape index (κ2) is 8.87. The van der Waals surface area contributed by atoms with Gasteiger partial charge in [-0.15, -0.1) is 0 Å². The number of rotatable bonds is 6. The van der Waals surface area contributed by atoms with Crippen molar-refractivity contribution in [2.45, 2.75) is 38.2 Å². The van der Waals surface area contributed by atoms with Crippen LogP contribution in [0.5, 0.6) is 5.75 Å². The maximum atomic E-state index is 11.4. The number of aliphatic hydroxyl groups excluding tert-OH is 1. The second-order valence-corrected chi connectivity index (χ2v) is 8.88. The van der Waals surface area contributed by atoms with Crippen LogP contribution in [0.25, 0.3) is 10.9 Å². The third-order valence-electron chi connectivity index (χ3n) is 6.96. The lowest BCUT2D eigenvalue weighted by atomic mass is 10.0. The van der Waals surface area contributed by atoms with Crippen LogP contribution in [-0.4, -0.2) is 60.3 Å². The Morgan fingerprint density at radius 2 is 1.78 bits per heavy atom. The number of piperidine rings is 1. The van der Waals surface area contributed by atoms with E-state index in [-0.39, 0.29) is 0 Å². The molecule has 0 radical (unpaired) electrons. The molecule has 2 saturated heterocycles. The molecule has 3 heterocycles. The van der Waals surface area contributed by atoms with Gasteiger partial charge in [0.2, 0.25) is 0 Å². The van der Waals surface area contributed by atoms with Gasteiger partial charge in [-0.1, -0.05) is 30.3 Å². The number of hydrogen-bond acceptors (Lipinski definition) is 5. The van der Waals surface area contributed by atoms with E-state index in [0.29, 0.717) is 19.8 Å². The minimum atomic E-state index is -0.582. The minimum absolute atomic E-state index is 0.392. The highest BCUT2D eigenvalue weighted by atomic mass is 16.7. The van der Waals surface area contributed by atoms with Crippen molar-refractivity contribution in [2.24, 2.45) is 0 Å². The molecule has 3 aromatic rings. The highest BCUT2D eigenvalue weighted by molar-refractivity contribution is 5.87. The minimum Gasteiger partial charge on any atom is -0.497 e. The van der Waals surface area contributed by atoms with Crippen LogP contribution >= 0.6 is 0 Å². The van der Waals surface area contributed by atoms with E-state index >= 15 is 0 Å². The Morgan fingerprint density at radius 3 is 2.47 bits per heavy atom. The first-order valence-corrected chi connectivity index (χ1v) is 11.5. The third-order valence-corrected chi connectivity index (χ3v) is 6.96. The number of methoxy groups -OCH3 is 1. The summed E-state index contributed by atoms with van der Waals surface area (Å²) in [5.74, 6) is 0.412. The van der Waals surface area contributed by atoms with E-state index in [0.717, 1.165) is 60.4 Å². The molecule has 2 aliphatic heterocycles. The largest absolute Gasteiger partial charge is 0.497 e. The molecule has 32 heavy (non-hydrogen) atoms. The highest BCUT2D eigenvalue weighted by Gasteiger charge is 2.40. The summed E-state index contributed by atoms with van der Waals surface area (Å²) in [5, 5.41) is 12.4. The predicted molar refractivity (Wildman–Crippen MR) is 124 cm³/mol. The van der Waals surface area contributed by atoms with Gasteiger partial charge in [-0.3, -0.25) is 0 Å². The van der Waals surface area contributed by atoms with E-state index in [1.807, 2.05) is 18.2 Å². The summed E-state index contributed by atoms with van der Waals surface area (Å²) in [4.78, 5) is 2.32. The van der Waals surface area contributed by atoms with E-state index in [1.165, 1.54) is 5.56 Å². The Hall–Kier alpha value is -2.38. The standard InChI is InChI=1S/C26H32N2O4/c1-19-25(24(29)18-27-12-10-26(11-13-27)31-14-15-32-26)22-16-21(30-2)8-9-23(22)28(19)17-20-6-4-3-5-7-20/h3-9,16,24,29H,10-15,17-18H2,1-2H3/t24-/m0/s1. The van der Waals surface area contributed by atoms with Gasteiger partial charge < -0.3 is 28.8 Å². The summed E-state index contributed by atoms with van der Waals surface area (Å²) in [5.41, 5.74) is 4.44. The number of fused-ring (bicyclic) bond motifs is 1. The molecule has 0 unspecified atom stereocenters. The molecule has 1 spiro atoms. The average Bonchev–Trinajstić information content (AvgIpc) is 3.38. The summed E-state index contributed by atoms with van der Waals surface area (Å²) in [6.45, 7) is 6.57. The maximum absolute atomic E-state index is 11.4. The van der Waals surface area contributed by atoms with Gasteiger partial charge in [-0.2, -0.15) is 0 Å². The molecule has 2 aromatic carbocycles. The molecule has 2 aliphatic rings. The average molecular weight is 437 g/mol. The SMILES string of the molecule is COc1ccc2c(c1)c([C@@H](O)CN1CCC3(CC1)OCCO3)c(C)n2Cc1ccccc1. The Labute approximate surface area is 189 Å². The molecule has 1 atom stereocenters. The van der Waals surface area contributed by atoms with E-state index in [2.05, 4.69) is 46.7 Å². The third kappa shape index (κ3) is 4.04. The van der Waals surface area contributed by atoms with Crippen LogP contribution in [0, 0.1) is 6.92 Å². The highest BCUT2D eigenvalue weighted by Crippen LogP contribution is 2.36. The zero-order valence-electron chi connectivity index (χ0n) is 18.9. The Morgan fingerprint density at radius 1 is 1.06 bits per heavy atom. The van der Waals surface area contributed by atoms with Crippen molar-refractivity contribution in [1.29, 1.82) is 0 Å². The lowest BCUT2D eigenvalue weighted by Gasteiger charge is -2.38. The van der Waals surface area contributed by atoms with Crippen molar-refractivity contribution in [3.05, 3.63) is 65.4 Å². The topological polar surface area (TPSA) is 56.1 Å². The first kappa shape index (κ1) is 21.5. The molecule has 0 amide bonds. The Kier molecular flexibility index (Phi) is 5.95. The molecule has 6 nitrogen and oxygen atoms in total. The monoisotopic (exact) mass is 436 g/mol. The van der Waals surface area contributed by atoms with Crippen LogP contribution in [0.1, 0.15) is 35.8 Å². The molecule has 5 rings (SSSR count). The Balaban J connectivity index is 1.42. The fraction of sp³-hybridized carbons (Fsp3) is 0.462. The number of likely N-dealkylation sites (tertiary alicyclic amines) is 1. The van der Waals surface area contributed by atoms with Gasteiger partial charge in [0.25, 0.3) is 0 Å². The molecule has 1 N–H and O–H groups in total. The van der Waals surface area contributed by atoms with Crippen LogP contribution in [-0.2, 0) is 16.0 Å². The zero-order valence-corrected chi connectivity index (χ0v) is 18.9. The van der Waals surface area contributed by atoms with Gasteiger partial charge >= 0.3 is 0 Å². The van der Waals surface area contributed by atoms with E-state index in [9.17, 15) is 5.11 Å². The molecule has 0 saturated carbocycles. The summed E-state index contributed by atoms with van der Waals surface area (Å²) in [6.07, 6.45) is 1.12. The van der Waals surface area contributed by atoms with Crippen molar-refractivity contribution in [3.63, 3.8) is 0 Å². The molecule has 0 aliphatic carbocycles. The lowest BCUT2D eigenvalue weighted by Crippen LogP contribution is -2.46. The van der Waals surface area contributed by atoms with Crippen LogP contribution in [0.15, 0.2) is 48.5 Å². The van der Waals surface area contributed by atoms with Gasteiger partial charge in [0.1, 0.15) is 5.75 Å². The summed E-state index contributed by atoms with van der Waals surface area (Å²) >= 11 is 0. The van der Waals surface area contributed by atoms with Gasteiger partial charge in [-0.05, 0) is 30.7 Å².